The first-order valence-corrected chi connectivity index (χ1v) is 7.98. The molecule has 2 aromatic rings. The number of nitriles is 1. The summed E-state index contributed by atoms with van der Waals surface area (Å²) < 4.78 is 0. The molecule has 0 aliphatic heterocycles. The van der Waals surface area contributed by atoms with Crippen LogP contribution in [0.3, 0.4) is 0 Å². The normalized spacial score (nSPS) is 15.3. The van der Waals surface area contributed by atoms with Crippen LogP contribution in [0, 0.1) is 21.4 Å². The summed E-state index contributed by atoms with van der Waals surface area (Å²) in [4.78, 5) is 26.2. The van der Waals surface area contributed by atoms with Crippen LogP contribution in [0.1, 0.15) is 41.6 Å². The molecule has 1 N–H and O–H groups in total. The summed E-state index contributed by atoms with van der Waals surface area (Å²) in [6.45, 7) is 0. The number of hydrogen-bond acceptors (Lipinski definition) is 5. The number of nitrogens with zero attached hydrogens (tertiary/aromatic N) is 3. The van der Waals surface area contributed by atoms with E-state index in [2.05, 4.69) is 16.4 Å². The van der Waals surface area contributed by atoms with Crippen molar-refractivity contribution in [3.05, 3.63) is 63.8 Å². The van der Waals surface area contributed by atoms with Gasteiger partial charge in [0.15, 0.2) is 0 Å². The average molecular weight is 336 g/mol. The van der Waals surface area contributed by atoms with E-state index in [1.54, 1.807) is 12.1 Å². The number of pyridine rings is 1. The van der Waals surface area contributed by atoms with Crippen LogP contribution in [0.5, 0.6) is 0 Å². The maximum absolute atomic E-state index is 12.3. The third kappa shape index (κ3) is 3.19. The second-order valence-corrected chi connectivity index (χ2v) is 6.06. The number of amides is 1. The van der Waals surface area contributed by atoms with Crippen LogP contribution in [-0.4, -0.2) is 15.8 Å². The lowest BCUT2D eigenvalue weighted by atomic mass is 9.80. The minimum Gasteiger partial charge on any atom is -0.358 e. The summed E-state index contributed by atoms with van der Waals surface area (Å²) in [5.74, 6) is -1.07. The van der Waals surface area contributed by atoms with Crippen molar-refractivity contribution < 1.29 is 9.72 Å². The van der Waals surface area contributed by atoms with Gasteiger partial charge >= 0.3 is 5.82 Å². The number of rotatable bonds is 4. The van der Waals surface area contributed by atoms with Gasteiger partial charge in [-0.25, -0.2) is 0 Å². The van der Waals surface area contributed by atoms with E-state index in [0.717, 1.165) is 31.2 Å². The molecule has 3 rings (SSSR count). The van der Waals surface area contributed by atoms with Gasteiger partial charge in [-0.15, -0.1) is 0 Å². The van der Waals surface area contributed by atoms with Crippen molar-refractivity contribution in [3.8, 4) is 6.07 Å². The Balaban J connectivity index is 1.79. The van der Waals surface area contributed by atoms with Gasteiger partial charge in [0.2, 0.25) is 0 Å². The number of nitro groups is 1. The first-order chi connectivity index (χ1) is 12.1. The Morgan fingerprint density at radius 1 is 1.24 bits per heavy atom. The highest BCUT2D eigenvalue weighted by Crippen LogP contribution is 2.40. The standard InChI is InChI=1S/C18H16N4O3/c19-12-18(9-1-2-10-18)13-5-7-14(8-6-13)21-17(23)15-4-3-11-20-16(15)22(24)25/h3-8,11H,1-2,9-10H2,(H,21,23). The lowest BCUT2D eigenvalue weighted by molar-refractivity contribution is -0.389. The van der Waals surface area contributed by atoms with Gasteiger partial charge in [0.1, 0.15) is 11.8 Å². The van der Waals surface area contributed by atoms with Crippen molar-refractivity contribution in [3.63, 3.8) is 0 Å². The maximum atomic E-state index is 12.3. The van der Waals surface area contributed by atoms with Gasteiger partial charge in [0.25, 0.3) is 5.91 Å². The SMILES string of the molecule is N#CC1(c2ccc(NC(=O)c3cccnc3[N+](=O)[O-])cc2)CCCC1. The van der Waals surface area contributed by atoms with Gasteiger partial charge in [0, 0.05) is 5.69 Å². The van der Waals surface area contributed by atoms with E-state index >= 15 is 0 Å². The summed E-state index contributed by atoms with van der Waals surface area (Å²) in [6.07, 6.45) is 5.04. The number of hydrogen-bond donors (Lipinski definition) is 1. The predicted molar refractivity (Wildman–Crippen MR) is 91.0 cm³/mol. The van der Waals surface area contributed by atoms with Crippen LogP contribution >= 0.6 is 0 Å². The van der Waals surface area contributed by atoms with Crippen LogP contribution in [0.15, 0.2) is 42.6 Å². The van der Waals surface area contributed by atoms with Gasteiger partial charge in [-0.05, 0) is 52.6 Å². The molecule has 0 bridgehead atoms. The van der Waals surface area contributed by atoms with Crippen LogP contribution in [0.4, 0.5) is 11.5 Å². The molecule has 7 heteroatoms. The molecule has 126 valence electrons. The fourth-order valence-corrected chi connectivity index (χ4v) is 3.23. The minimum absolute atomic E-state index is 0.0964. The van der Waals surface area contributed by atoms with Gasteiger partial charge in [-0.2, -0.15) is 5.26 Å². The zero-order valence-corrected chi connectivity index (χ0v) is 13.4. The van der Waals surface area contributed by atoms with E-state index in [9.17, 15) is 20.2 Å². The molecule has 25 heavy (non-hydrogen) atoms. The van der Waals surface area contributed by atoms with Crippen molar-refractivity contribution >= 4 is 17.4 Å². The second-order valence-electron chi connectivity index (χ2n) is 6.06. The first kappa shape index (κ1) is 16.6. The Labute approximate surface area is 144 Å². The Kier molecular flexibility index (Phi) is 4.44. The number of carbonyl (C=O) groups excluding carboxylic acids is 1. The lowest BCUT2D eigenvalue weighted by Gasteiger charge is -2.20. The molecule has 1 saturated carbocycles. The quantitative estimate of drug-likeness (QED) is 0.678. The zero-order valence-electron chi connectivity index (χ0n) is 13.4. The zero-order chi connectivity index (χ0) is 17.9. The summed E-state index contributed by atoms with van der Waals surface area (Å²) in [5, 5.41) is 23.1. The third-order valence-electron chi connectivity index (χ3n) is 4.57. The molecule has 1 aromatic heterocycles. The van der Waals surface area contributed by atoms with Crippen LogP contribution in [0.25, 0.3) is 0 Å². The van der Waals surface area contributed by atoms with Crippen molar-refractivity contribution in [2.75, 3.05) is 5.32 Å². The Bertz CT molecular complexity index is 849. The van der Waals surface area contributed by atoms with Gasteiger partial charge in [0.05, 0.1) is 11.5 Å². The summed E-state index contributed by atoms with van der Waals surface area (Å²) >= 11 is 0. The third-order valence-corrected chi connectivity index (χ3v) is 4.57. The molecule has 0 saturated heterocycles. The second kappa shape index (κ2) is 6.69. The molecule has 1 aromatic carbocycles. The predicted octanol–water partition coefficient (Wildman–Crippen LogP) is 3.58. The average Bonchev–Trinajstić information content (AvgIpc) is 3.12. The molecule has 1 aliphatic carbocycles. The van der Waals surface area contributed by atoms with Crippen molar-refractivity contribution in [1.29, 1.82) is 5.26 Å². The monoisotopic (exact) mass is 336 g/mol. The van der Waals surface area contributed by atoms with Crippen molar-refractivity contribution in [2.24, 2.45) is 0 Å². The molecule has 0 spiro atoms. The fraction of sp³-hybridized carbons (Fsp3) is 0.278. The van der Waals surface area contributed by atoms with E-state index in [1.807, 2.05) is 12.1 Å². The van der Waals surface area contributed by atoms with E-state index in [0.29, 0.717) is 5.69 Å². The highest BCUT2D eigenvalue weighted by molar-refractivity contribution is 6.06. The van der Waals surface area contributed by atoms with E-state index in [1.165, 1.54) is 18.3 Å². The highest BCUT2D eigenvalue weighted by atomic mass is 16.6. The summed E-state index contributed by atoms with van der Waals surface area (Å²) in [5.41, 5.74) is 0.918. The van der Waals surface area contributed by atoms with Gasteiger partial charge < -0.3 is 15.4 Å². The Morgan fingerprint density at radius 2 is 1.92 bits per heavy atom. The molecule has 1 amide bonds. The molecule has 1 aliphatic rings. The maximum Gasteiger partial charge on any atom is 0.376 e. The summed E-state index contributed by atoms with van der Waals surface area (Å²) in [7, 11) is 0. The van der Waals surface area contributed by atoms with Crippen LogP contribution in [-0.2, 0) is 5.41 Å². The van der Waals surface area contributed by atoms with E-state index in [4.69, 9.17) is 0 Å². The molecule has 1 heterocycles. The lowest BCUT2D eigenvalue weighted by Crippen LogP contribution is -2.19. The molecule has 1 fully saturated rings. The molecular formula is C18H16N4O3. The molecule has 0 atom stereocenters. The van der Waals surface area contributed by atoms with Crippen LogP contribution in [0.2, 0.25) is 0 Å². The summed E-state index contributed by atoms with van der Waals surface area (Å²) in [6, 6.07) is 12.4. The Hall–Kier alpha value is -3.27. The molecule has 0 radical (unpaired) electrons. The van der Waals surface area contributed by atoms with Gasteiger partial charge in [-0.3, -0.25) is 4.79 Å². The fourth-order valence-electron chi connectivity index (χ4n) is 3.23. The minimum atomic E-state index is -0.686. The largest absolute Gasteiger partial charge is 0.376 e. The molecule has 0 unspecified atom stereocenters. The number of nitrogens with one attached hydrogen (secondary N) is 1. The topological polar surface area (TPSA) is 109 Å². The van der Waals surface area contributed by atoms with E-state index < -0.39 is 22.1 Å². The van der Waals surface area contributed by atoms with Crippen molar-refractivity contribution in [2.45, 2.75) is 31.1 Å². The molecular weight excluding hydrogens is 320 g/mol. The molecule has 7 nitrogen and oxygen atoms in total. The number of aromatic nitrogens is 1. The number of anilines is 1. The highest BCUT2D eigenvalue weighted by Gasteiger charge is 2.35. The Morgan fingerprint density at radius 3 is 2.52 bits per heavy atom. The number of carbonyl (C=O) groups is 1. The first-order valence-electron chi connectivity index (χ1n) is 7.98. The van der Waals surface area contributed by atoms with Gasteiger partial charge in [-0.1, -0.05) is 25.0 Å². The van der Waals surface area contributed by atoms with Crippen LogP contribution < -0.4 is 5.32 Å². The smallest absolute Gasteiger partial charge is 0.358 e. The van der Waals surface area contributed by atoms with E-state index in [-0.39, 0.29) is 5.56 Å². The number of benzene rings is 1. The van der Waals surface area contributed by atoms with Crippen molar-refractivity contribution in [1.82, 2.24) is 4.98 Å².